The Bertz CT molecular complexity index is 747. The number of hydrogen-bond acceptors (Lipinski definition) is 5. The highest BCUT2D eigenvalue weighted by Crippen LogP contribution is 2.21. The van der Waals surface area contributed by atoms with E-state index in [4.69, 9.17) is 4.74 Å². The van der Waals surface area contributed by atoms with Crippen molar-refractivity contribution in [2.45, 2.75) is 37.9 Å². The van der Waals surface area contributed by atoms with Gasteiger partial charge in [-0.15, -0.1) is 0 Å². The molecular weight excluding hydrogens is 357 g/mol. The predicted octanol–water partition coefficient (Wildman–Crippen LogP) is 2.95. The minimum atomic E-state index is -0.511. The summed E-state index contributed by atoms with van der Waals surface area (Å²) in [7, 11) is 0. The number of halogens is 1. The molecule has 0 bridgehead atoms. The van der Waals surface area contributed by atoms with E-state index in [0.717, 1.165) is 24.6 Å². The lowest BCUT2D eigenvalue weighted by molar-refractivity contribution is -0.146. The summed E-state index contributed by atoms with van der Waals surface area (Å²) in [5, 5.41) is 3.34. The highest BCUT2D eigenvalue weighted by atomic mass is 32.2. The van der Waals surface area contributed by atoms with Crippen molar-refractivity contribution in [3.8, 4) is 5.69 Å². The number of carbonyl (C=O) groups is 2. The van der Waals surface area contributed by atoms with Gasteiger partial charge in [-0.05, 0) is 31.0 Å². The van der Waals surface area contributed by atoms with Crippen LogP contribution in [0, 0.1) is 5.82 Å². The molecule has 8 heteroatoms. The molecule has 0 spiro atoms. The topological polar surface area (TPSA) is 73.2 Å². The van der Waals surface area contributed by atoms with Gasteiger partial charge in [-0.3, -0.25) is 14.2 Å². The second-order valence-corrected chi connectivity index (χ2v) is 6.53. The van der Waals surface area contributed by atoms with Crippen molar-refractivity contribution >= 4 is 23.6 Å². The van der Waals surface area contributed by atoms with Gasteiger partial charge in [-0.1, -0.05) is 31.7 Å². The van der Waals surface area contributed by atoms with Gasteiger partial charge in [0.2, 0.25) is 0 Å². The number of esters is 1. The first-order valence-corrected chi connectivity index (χ1v) is 9.39. The summed E-state index contributed by atoms with van der Waals surface area (Å²) in [5.74, 6) is -1.17. The van der Waals surface area contributed by atoms with Crippen LogP contribution in [0.4, 0.5) is 4.39 Å². The fourth-order valence-electron chi connectivity index (χ4n) is 2.29. The van der Waals surface area contributed by atoms with Crippen molar-refractivity contribution in [2.75, 3.05) is 12.4 Å². The number of nitrogens with one attached hydrogen (secondary N) is 1. The molecule has 0 unspecified atom stereocenters. The summed E-state index contributed by atoms with van der Waals surface area (Å²) in [4.78, 5) is 27.7. The van der Waals surface area contributed by atoms with Gasteiger partial charge in [0.1, 0.15) is 5.82 Å². The molecule has 0 saturated carbocycles. The van der Waals surface area contributed by atoms with Crippen molar-refractivity contribution in [3.05, 3.63) is 42.5 Å². The number of rotatable bonds is 9. The molecule has 6 nitrogen and oxygen atoms in total. The van der Waals surface area contributed by atoms with E-state index in [-0.39, 0.29) is 30.1 Å². The Hall–Kier alpha value is -2.35. The standard InChI is InChI=1S/C18H22FN3O3S/c1-3-14(4-2)21-16(23)11-25-17(24)12-26-18-20-8-9-22(18)15-7-5-6-13(19)10-15/h5-10,14H,3-4,11-12H2,1-2H3,(H,21,23). The summed E-state index contributed by atoms with van der Waals surface area (Å²) in [5.41, 5.74) is 0.614. The Kier molecular flexibility index (Phi) is 7.65. The molecule has 1 amide bonds. The highest BCUT2D eigenvalue weighted by Gasteiger charge is 2.13. The van der Waals surface area contributed by atoms with Crippen LogP contribution in [-0.4, -0.2) is 39.8 Å². The van der Waals surface area contributed by atoms with E-state index in [1.807, 2.05) is 13.8 Å². The number of aromatic nitrogens is 2. The molecule has 0 atom stereocenters. The summed E-state index contributed by atoms with van der Waals surface area (Å²) in [6, 6.07) is 6.18. The molecule has 0 radical (unpaired) electrons. The Balaban J connectivity index is 1.83. The fourth-order valence-corrected chi connectivity index (χ4v) is 3.06. The van der Waals surface area contributed by atoms with Gasteiger partial charge in [-0.25, -0.2) is 9.37 Å². The first kappa shape index (κ1) is 20.0. The first-order chi connectivity index (χ1) is 12.5. The van der Waals surface area contributed by atoms with E-state index >= 15 is 0 Å². The fraction of sp³-hybridized carbons (Fsp3) is 0.389. The summed E-state index contributed by atoms with van der Waals surface area (Å²) in [6.07, 6.45) is 4.91. The predicted molar refractivity (Wildman–Crippen MR) is 97.7 cm³/mol. The lowest BCUT2D eigenvalue weighted by atomic mass is 10.2. The average Bonchev–Trinajstić information content (AvgIpc) is 3.11. The van der Waals surface area contributed by atoms with Crippen LogP contribution >= 0.6 is 11.8 Å². The maximum Gasteiger partial charge on any atom is 0.316 e. The largest absolute Gasteiger partial charge is 0.455 e. The van der Waals surface area contributed by atoms with Crippen LogP contribution in [0.25, 0.3) is 5.69 Å². The smallest absolute Gasteiger partial charge is 0.316 e. The van der Waals surface area contributed by atoms with E-state index in [2.05, 4.69) is 10.3 Å². The lowest BCUT2D eigenvalue weighted by Crippen LogP contribution is -2.37. The number of amides is 1. The van der Waals surface area contributed by atoms with Crippen LogP contribution in [-0.2, 0) is 14.3 Å². The van der Waals surface area contributed by atoms with Crippen molar-refractivity contribution < 1.29 is 18.7 Å². The SMILES string of the molecule is CCC(CC)NC(=O)COC(=O)CSc1nccn1-c1cccc(F)c1. The molecule has 0 fully saturated rings. The van der Waals surface area contributed by atoms with Gasteiger partial charge >= 0.3 is 5.97 Å². The number of nitrogens with zero attached hydrogens (tertiary/aromatic N) is 2. The highest BCUT2D eigenvalue weighted by molar-refractivity contribution is 7.99. The third-order valence-corrected chi connectivity index (χ3v) is 4.67. The van der Waals surface area contributed by atoms with Crippen LogP contribution in [0.2, 0.25) is 0 Å². The quantitative estimate of drug-likeness (QED) is 0.536. The van der Waals surface area contributed by atoms with Crippen molar-refractivity contribution in [1.82, 2.24) is 14.9 Å². The Labute approximate surface area is 156 Å². The van der Waals surface area contributed by atoms with E-state index in [1.54, 1.807) is 29.1 Å². The van der Waals surface area contributed by atoms with Gasteiger partial charge in [-0.2, -0.15) is 0 Å². The zero-order valence-electron chi connectivity index (χ0n) is 14.8. The van der Waals surface area contributed by atoms with Crippen molar-refractivity contribution in [3.63, 3.8) is 0 Å². The maximum atomic E-state index is 13.4. The van der Waals surface area contributed by atoms with Crippen LogP contribution in [0.3, 0.4) is 0 Å². The molecular formula is C18H22FN3O3S. The minimum absolute atomic E-state index is 0.00456. The second-order valence-electron chi connectivity index (χ2n) is 5.59. The van der Waals surface area contributed by atoms with Crippen LogP contribution < -0.4 is 5.32 Å². The molecule has 0 saturated heterocycles. The van der Waals surface area contributed by atoms with Gasteiger partial charge < -0.3 is 10.1 Å². The summed E-state index contributed by atoms with van der Waals surface area (Å²) >= 11 is 1.16. The number of hydrogen-bond donors (Lipinski definition) is 1. The molecule has 2 aromatic rings. The average molecular weight is 379 g/mol. The number of ether oxygens (including phenoxy) is 1. The second kappa shape index (κ2) is 9.96. The van der Waals surface area contributed by atoms with Crippen LogP contribution in [0.5, 0.6) is 0 Å². The number of thioether (sulfide) groups is 1. The van der Waals surface area contributed by atoms with Crippen molar-refractivity contribution in [2.24, 2.45) is 0 Å². The lowest BCUT2D eigenvalue weighted by Gasteiger charge is -2.14. The van der Waals surface area contributed by atoms with E-state index in [1.165, 1.54) is 12.1 Å². The molecule has 2 rings (SSSR count). The van der Waals surface area contributed by atoms with Crippen LogP contribution in [0.1, 0.15) is 26.7 Å². The molecule has 26 heavy (non-hydrogen) atoms. The monoisotopic (exact) mass is 379 g/mol. The molecule has 0 aliphatic rings. The van der Waals surface area contributed by atoms with E-state index in [0.29, 0.717) is 10.8 Å². The Morgan fingerprint density at radius 3 is 2.81 bits per heavy atom. The number of imidazole rings is 1. The van der Waals surface area contributed by atoms with E-state index in [9.17, 15) is 14.0 Å². The third kappa shape index (κ3) is 5.87. The third-order valence-electron chi connectivity index (χ3n) is 3.73. The normalized spacial score (nSPS) is 10.8. The van der Waals surface area contributed by atoms with Gasteiger partial charge in [0.05, 0.1) is 11.4 Å². The van der Waals surface area contributed by atoms with Crippen LogP contribution in [0.15, 0.2) is 41.8 Å². The summed E-state index contributed by atoms with van der Waals surface area (Å²) in [6.45, 7) is 3.67. The maximum absolute atomic E-state index is 13.4. The molecule has 1 aromatic carbocycles. The van der Waals surface area contributed by atoms with Crippen molar-refractivity contribution in [1.29, 1.82) is 0 Å². The first-order valence-electron chi connectivity index (χ1n) is 8.40. The van der Waals surface area contributed by atoms with Gasteiger partial charge in [0.25, 0.3) is 5.91 Å². The zero-order chi connectivity index (χ0) is 18.9. The Morgan fingerprint density at radius 2 is 2.12 bits per heavy atom. The summed E-state index contributed by atoms with van der Waals surface area (Å²) < 4.78 is 20.0. The molecule has 140 valence electrons. The number of benzene rings is 1. The van der Waals surface area contributed by atoms with Gasteiger partial charge in [0, 0.05) is 18.4 Å². The molecule has 1 N–H and O–H groups in total. The minimum Gasteiger partial charge on any atom is -0.455 e. The van der Waals surface area contributed by atoms with E-state index < -0.39 is 5.97 Å². The number of carbonyl (C=O) groups excluding carboxylic acids is 2. The van der Waals surface area contributed by atoms with Gasteiger partial charge in [0.15, 0.2) is 11.8 Å². The zero-order valence-corrected chi connectivity index (χ0v) is 15.6. The molecule has 1 aromatic heterocycles. The molecule has 0 aliphatic heterocycles. The molecule has 0 aliphatic carbocycles. The Morgan fingerprint density at radius 1 is 1.35 bits per heavy atom. The molecule has 1 heterocycles.